The molecule has 6 heteroatoms. The van der Waals surface area contributed by atoms with E-state index in [-0.39, 0.29) is 17.0 Å². The molecule has 0 spiro atoms. The van der Waals surface area contributed by atoms with E-state index < -0.39 is 0 Å². The molecule has 26 heavy (non-hydrogen) atoms. The molecule has 6 nitrogen and oxygen atoms in total. The third kappa shape index (κ3) is 4.93. The summed E-state index contributed by atoms with van der Waals surface area (Å²) in [5.74, 6) is -0.221. The number of hydrogen-bond donors (Lipinski definition) is 2. The first-order valence-electron chi connectivity index (χ1n) is 7.99. The molecule has 130 valence electrons. The maximum atomic E-state index is 12.4. The van der Waals surface area contributed by atoms with E-state index in [9.17, 15) is 4.79 Å². The second-order valence-electron chi connectivity index (χ2n) is 6.66. The molecular weight excluding hydrogens is 326 g/mol. The van der Waals surface area contributed by atoms with Crippen LogP contribution < -0.4 is 10.7 Å². The lowest BCUT2D eigenvalue weighted by Crippen LogP contribution is -2.14. The molecule has 0 aliphatic rings. The normalized spacial score (nSPS) is 10.2. The summed E-state index contributed by atoms with van der Waals surface area (Å²) in [7, 11) is 0. The fraction of sp³-hybridized carbons (Fsp3) is 0.200. The summed E-state index contributed by atoms with van der Waals surface area (Å²) in [6.45, 7) is 6.35. The van der Waals surface area contributed by atoms with Gasteiger partial charge in [-0.1, -0.05) is 39.0 Å². The van der Waals surface area contributed by atoms with E-state index in [4.69, 9.17) is 10.5 Å². The average molecular weight is 345 g/mol. The van der Waals surface area contributed by atoms with Crippen molar-refractivity contribution in [3.8, 4) is 12.1 Å². The minimum Gasteiger partial charge on any atom is -0.322 e. The highest BCUT2D eigenvalue weighted by molar-refractivity contribution is 6.10. The Balaban J connectivity index is 2.10. The van der Waals surface area contributed by atoms with Crippen molar-refractivity contribution in [3.63, 3.8) is 0 Å². The summed E-state index contributed by atoms with van der Waals surface area (Å²) >= 11 is 0. The van der Waals surface area contributed by atoms with E-state index in [0.717, 1.165) is 5.56 Å². The van der Waals surface area contributed by atoms with Gasteiger partial charge in [0.2, 0.25) is 5.71 Å². The molecule has 0 saturated heterocycles. The van der Waals surface area contributed by atoms with E-state index in [1.807, 2.05) is 12.1 Å². The Bertz CT molecular complexity index is 893. The molecule has 0 radical (unpaired) electrons. The van der Waals surface area contributed by atoms with Crippen molar-refractivity contribution >= 4 is 23.0 Å². The van der Waals surface area contributed by atoms with Crippen LogP contribution >= 0.6 is 0 Å². The molecule has 0 aliphatic heterocycles. The Morgan fingerprint density at radius 1 is 1.00 bits per heavy atom. The van der Waals surface area contributed by atoms with Crippen LogP contribution in [0, 0.1) is 22.7 Å². The van der Waals surface area contributed by atoms with Crippen LogP contribution in [0.2, 0.25) is 0 Å². The zero-order chi connectivity index (χ0) is 19.2. The maximum absolute atomic E-state index is 12.4. The maximum Gasteiger partial charge on any atom is 0.255 e. The van der Waals surface area contributed by atoms with Gasteiger partial charge in [-0.3, -0.25) is 10.2 Å². The summed E-state index contributed by atoms with van der Waals surface area (Å²) < 4.78 is 0. The van der Waals surface area contributed by atoms with Gasteiger partial charge in [0, 0.05) is 11.3 Å². The number of anilines is 2. The molecule has 0 atom stereocenters. The van der Waals surface area contributed by atoms with Crippen LogP contribution in [0.3, 0.4) is 0 Å². The average Bonchev–Trinajstić information content (AvgIpc) is 2.62. The molecular formula is C20H19N5O. The molecule has 2 rings (SSSR count). The Labute approximate surface area is 152 Å². The number of hydrazone groups is 1. The third-order valence-corrected chi connectivity index (χ3v) is 3.64. The summed E-state index contributed by atoms with van der Waals surface area (Å²) in [6, 6.07) is 17.7. The summed E-state index contributed by atoms with van der Waals surface area (Å²) in [4.78, 5) is 12.4. The number of benzene rings is 2. The van der Waals surface area contributed by atoms with Gasteiger partial charge in [-0.05, 0) is 41.3 Å². The van der Waals surface area contributed by atoms with Crippen molar-refractivity contribution in [2.75, 3.05) is 10.7 Å². The fourth-order valence-electron chi connectivity index (χ4n) is 2.19. The largest absolute Gasteiger partial charge is 0.322 e. The van der Waals surface area contributed by atoms with Gasteiger partial charge in [-0.25, -0.2) is 0 Å². The molecule has 2 aromatic rings. The number of nitrogens with zero attached hydrogens (tertiary/aromatic N) is 3. The van der Waals surface area contributed by atoms with Crippen LogP contribution in [0.4, 0.5) is 11.4 Å². The highest BCUT2D eigenvalue weighted by atomic mass is 16.1. The number of amides is 1. The lowest BCUT2D eigenvalue weighted by Gasteiger charge is -2.19. The zero-order valence-electron chi connectivity index (χ0n) is 14.9. The van der Waals surface area contributed by atoms with Gasteiger partial charge in [0.25, 0.3) is 5.91 Å². The molecule has 0 bridgehead atoms. The SMILES string of the molecule is CC(C)(C)c1ccc(C(=O)Nc2cccc(NN=C(C#N)C#N)c2)cc1. The second-order valence-corrected chi connectivity index (χ2v) is 6.66. The van der Waals surface area contributed by atoms with E-state index in [1.54, 1.807) is 48.5 Å². The molecule has 2 aromatic carbocycles. The van der Waals surface area contributed by atoms with Gasteiger partial charge in [0.05, 0.1) is 5.69 Å². The minimum absolute atomic E-state index is 0.0290. The Morgan fingerprint density at radius 2 is 1.62 bits per heavy atom. The Kier molecular flexibility index (Phi) is 5.72. The van der Waals surface area contributed by atoms with Crippen LogP contribution in [-0.2, 0) is 5.41 Å². The monoisotopic (exact) mass is 345 g/mol. The van der Waals surface area contributed by atoms with Gasteiger partial charge in [-0.15, -0.1) is 0 Å². The highest BCUT2D eigenvalue weighted by Crippen LogP contribution is 2.22. The van der Waals surface area contributed by atoms with Crippen molar-refractivity contribution < 1.29 is 4.79 Å². The molecule has 0 unspecified atom stereocenters. The van der Waals surface area contributed by atoms with Crippen LogP contribution in [0.1, 0.15) is 36.7 Å². The first-order chi connectivity index (χ1) is 12.3. The van der Waals surface area contributed by atoms with Gasteiger partial charge in [0.15, 0.2) is 0 Å². The smallest absolute Gasteiger partial charge is 0.255 e. The van der Waals surface area contributed by atoms with Crippen molar-refractivity contribution in [2.24, 2.45) is 5.10 Å². The van der Waals surface area contributed by atoms with Gasteiger partial charge in [0.1, 0.15) is 12.1 Å². The lowest BCUT2D eigenvalue weighted by molar-refractivity contribution is 0.102. The predicted molar refractivity (Wildman–Crippen MR) is 102 cm³/mol. The highest BCUT2D eigenvalue weighted by Gasteiger charge is 2.14. The first-order valence-corrected chi connectivity index (χ1v) is 7.99. The predicted octanol–water partition coefficient (Wildman–Crippen LogP) is 4.05. The topological polar surface area (TPSA) is 101 Å². The quantitative estimate of drug-likeness (QED) is 0.644. The number of rotatable bonds is 4. The summed E-state index contributed by atoms with van der Waals surface area (Å²) in [5.41, 5.74) is 5.21. The van der Waals surface area contributed by atoms with Crippen LogP contribution in [0.5, 0.6) is 0 Å². The Morgan fingerprint density at radius 3 is 2.19 bits per heavy atom. The van der Waals surface area contributed by atoms with Crippen molar-refractivity contribution in [3.05, 3.63) is 59.7 Å². The Hall–Kier alpha value is -3.64. The third-order valence-electron chi connectivity index (χ3n) is 3.64. The summed E-state index contributed by atoms with van der Waals surface area (Å²) in [5, 5.41) is 23.8. The second kappa shape index (κ2) is 7.96. The van der Waals surface area contributed by atoms with Crippen molar-refractivity contribution in [1.29, 1.82) is 10.5 Å². The minimum atomic E-state index is -0.279. The van der Waals surface area contributed by atoms with Crippen LogP contribution in [0.25, 0.3) is 0 Å². The number of carbonyl (C=O) groups is 1. The van der Waals surface area contributed by atoms with Gasteiger partial charge >= 0.3 is 0 Å². The lowest BCUT2D eigenvalue weighted by atomic mass is 9.87. The molecule has 2 N–H and O–H groups in total. The van der Waals surface area contributed by atoms with Crippen LogP contribution in [0.15, 0.2) is 53.6 Å². The fourth-order valence-corrected chi connectivity index (χ4v) is 2.19. The van der Waals surface area contributed by atoms with Crippen molar-refractivity contribution in [2.45, 2.75) is 26.2 Å². The zero-order valence-corrected chi connectivity index (χ0v) is 14.9. The molecule has 0 aromatic heterocycles. The number of carbonyl (C=O) groups excluding carboxylic acids is 1. The van der Waals surface area contributed by atoms with E-state index >= 15 is 0 Å². The molecule has 0 aliphatic carbocycles. The van der Waals surface area contributed by atoms with E-state index in [2.05, 4.69) is 36.6 Å². The first kappa shape index (κ1) is 18.7. The van der Waals surface area contributed by atoms with Crippen molar-refractivity contribution in [1.82, 2.24) is 0 Å². The van der Waals surface area contributed by atoms with E-state index in [1.165, 1.54) is 0 Å². The molecule has 0 saturated carbocycles. The molecule has 0 fully saturated rings. The number of nitrogens with one attached hydrogen (secondary N) is 2. The number of hydrogen-bond acceptors (Lipinski definition) is 5. The van der Waals surface area contributed by atoms with Gasteiger partial charge < -0.3 is 5.32 Å². The van der Waals surface area contributed by atoms with E-state index in [0.29, 0.717) is 16.9 Å². The molecule has 1 amide bonds. The summed E-state index contributed by atoms with van der Waals surface area (Å²) in [6.07, 6.45) is 0. The molecule has 0 heterocycles. The van der Waals surface area contributed by atoms with Gasteiger partial charge in [-0.2, -0.15) is 15.6 Å². The van der Waals surface area contributed by atoms with Crippen LogP contribution in [-0.4, -0.2) is 11.6 Å². The number of nitriles is 2. The standard InChI is InChI=1S/C20H19N5O/c1-20(2,3)15-9-7-14(8-10-15)19(26)23-16-5-4-6-17(11-16)24-25-18(12-21)13-22/h4-11,24H,1-3H3,(H,23,26).